The van der Waals surface area contributed by atoms with Gasteiger partial charge >= 0.3 is 10.8 Å². The van der Waals surface area contributed by atoms with Crippen molar-refractivity contribution in [2.45, 2.75) is 19.9 Å². The fraction of sp³-hybridized carbons (Fsp3) is 0.167. The molecule has 6 nitrogen and oxygen atoms in total. The van der Waals surface area contributed by atoms with Crippen LogP contribution in [0.5, 0.6) is 5.75 Å². The van der Waals surface area contributed by atoms with Gasteiger partial charge in [-0.05, 0) is 42.6 Å². The SMILES string of the molecule is Cc1csc(=O)n1CCC(=O)Oc1ccc(NC(=O)c2cccs2)cc1. The van der Waals surface area contributed by atoms with Gasteiger partial charge in [-0.15, -0.1) is 11.3 Å². The molecule has 0 aliphatic carbocycles. The third-order valence-corrected chi connectivity index (χ3v) is 5.35. The van der Waals surface area contributed by atoms with Crippen LogP contribution in [-0.4, -0.2) is 16.4 Å². The van der Waals surface area contributed by atoms with Gasteiger partial charge < -0.3 is 14.6 Å². The first-order valence-electron chi connectivity index (χ1n) is 7.83. The summed E-state index contributed by atoms with van der Waals surface area (Å²) >= 11 is 2.48. The zero-order valence-corrected chi connectivity index (χ0v) is 15.6. The van der Waals surface area contributed by atoms with E-state index in [9.17, 15) is 14.4 Å². The van der Waals surface area contributed by atoms with Crippen LogP contribution in [0.4, 0.5) is 5.69 Å². The van der Waals surface area contributed by atoms with Crippen LogP contribution in [0.2, 0.25) is 0 Å². The first-order chi connectivity index (χ1) is 12.5. The summed E-state index contributed by atoms with van der Waals surface area (Å²) in [4.78, 5) is 36.1. The summed E-state index contributed by atoms with van der Waals surface area (Å²) in [6.07, 6.45) is 0.106. The molecule has 0 spiro atoms. The maximum absolute atomic E-state index is 12.0. The van der Waals surface area contributed by atoms with Gasteiger partial charge in [0.15, 0.2) is 0 Å². The Balaban J connectivity index is 1.53. The maximum atomic E-state index is 12.0. The Hall–Kier alpha value is -2.71. The summed E-state index contributed by atoms with van der Waals surface area (Å²) in [5.74, 6) is -0.210. The fourth-order valence-electron chi connectivity index (χ4n) is 2.27. The molecule has 3 aromatic rings. The number of thiazole rings is 1. The van der Waals surface area contributed by atoms with E-state index in [-0.39, 0.29) is 17.2 Å². The highest BCUT2D eigenvalue weighted by Gasteiger charge is 2.10. The van der Waals surface area contributed by atoms with Gasteiger partial charge in [-0.25, -0.2) is 0 Å². The Labute approximate surface area is 157 Å². The van der Waals surface area contributed by atoms with Crippen LogP contribution in [0.25, 0.3) is 0 Å². The van der Waals surface area contributed by atoms with Crippen LogP contribution < -0.4 is 14.9 Å². The second-order valence-corrected chi connectivity index (χ2v) is 7.24. The van der Waals surface area contributed by atoms with Crippen LogP contribution >= 0.6 is 22.7 Å². The molecule has 26 heavy (non-hydrogen) atoms. The van der Waals surface area contributed by atoms with Gasteiger partial charge in [0.05, 0.1) is 11.3 Å². The number of thiophene rings is 1. The second-order valence-electron chi connectivity index (χ2n) is 5.47. The Morgan fingerprint density at radius 1 is 1.15 bits per heavy atom. The van der Waals surface area contributed by atoms with Gasteiger partial charge in [0.1, 0.15) is 5.75 Å². The molecule has 1 N–H and O–H groups in total. The van der Waals surface area contributed by atoms with Gasteiger partial charge in [0.2, 0.25) is 0 Å². The lowest BCUT2D eigenvalue weighted by Crippen LogP contribution is -2.19. The molecule has 0 aliphatic rings. The number of esters is 1. The fourth-order valence-corrected chi connectivity index (χ4v) is 3.65. The number of nitrogens with zero attached hydrogens (tertiary/aromatic N) is 1. The zero-order valence-electron chi connectivity index (χ0n) is 13.9. The summed E-state index contributed by atoms with van der Waals surface area (Å²) in [7, 11) is 0. The Morgan fingerprint density at radius 3 is 2.54 bits per heavy atom. The van der Waals surface area contributed by atoms with Crippen LogP contribution in [0.3, 0.4) is 0 Å². The lowest BCUT2D eigenvalue weighted by molar-refractivity contribution is -0.134. The summed E-state index contributed by atoms with van der Waals surface area (Å²) in [5.41, 5.74) is 1.45. The quantitative estimate of drug-likeness (QED) is 0.518. The van der Waals surface area contributed by atoms with Crippen molar-refractivity contribution in [1.29, 1.82) is 0 Å². The Morgan fingerprint density at radius 2 is 1.92 bits per heavy atom. The van der Waals surface area contributed by atoms with Crippen LogP contribution in [0.1, 0.15) is 21.8 Å². The van der Waals surface area contributed by atoms with Crippen molar-refractivity contribution in [1.82, 2.24) is 4.57 Å². The number of aromatic nitrogens is 1. The van der Waals surface area contributed by atoms with E-state index in [1.165, 1.54) is 11.3 Å². The van der Waals surface area contributed by atoms with Crippen LogP contribution in [0, 0.1) is 6.92 Å². The number of amides is 1. The molecule has 3 rings (SSSR count). The van der Waals surface area contributed by atoms with E-state index >= 15 is 0 Å². The van der Waals surface area contributed by atoms with Crippen molar-refractivity contribution in [2.75, 3.05) is 5.32 Å². The minimum absolute atomic E-state index is 0.0823. The zero-order chi connectivity index (χ0) is 18.5. The van der Waals surface area contributed by atoms with Gasteiger partial charge in [-0.2, -0.15) is 0 Å². The summed E-state index contributed by atoms with van der Waals surface area (Å²) < 4.78 is 6.81. The van der Waals surface area contributed by atoms with Crippen LogP contribution in [-0.2, 0) is 11.3 Å². The first-order valence-corrected chi connectivity index (χ1v) is 9.59. The van der Waals surface area contributed by atoms with Crippen LogP contribution in [0.15, 0.2) is 52.0 Å². The minimum atomic E-state index is -0.419. The van der Waals surface area contributed by atoms with Gasteiger partial charge in [-0.3, -0.25) is 14.4 Å². The molecule has 1 aromatic carbocycles. The van der Waals surface area contributed by atoms with E-state index in [1.807, 2.05) is 18.4 Å². The van der Waals surface area contributed by atoms with Gasteiger partial charge in [-0.1, -0.05) is 17.4 Å². The highest BCUT2D eigenvalue weighted by molar-refractivity contribution is 7.12. The first kappa shape index (κ1) is 18.1. The Bertz CT molecular complexity index is 956. The van der Waals surface area contributed by atoms with E-state index < -0.39 is 5.97 Å². The minimum Gasteiger partial charge on any atom is -0.426 e. The van der Waals surface area contributed by atoms with Crippen molar-refractivity contribution in [2.24, 2.45) is 0 Å². The third kappa shape index (κ3) is 4.47. The van der Waals surface area contributed by atoms with Gasteiger partial charge in [0.25, 0.3) is 5.91 Å². The summed E-state index contributed by atoms with van der Waals surface area (Å²) in [6.45, 7) is 2.12. The van der Waals surface area contributed by atoms with Crippen molar-refractivity contribution < 1.29 is 14.3 Å². The highest BCUT2D eigenvalue weighted by atomic mass is 32.1. The predicted molar refractivity (Wildman–Crippen MR) is 102 cm³/mol. The largest absolute Gasteiger partial charge is 0.426 e. The number of aryl methyl sites for hydroxylation is 1. The number of carbonyl (C=O) groups is 2. The highest BCUT2D eigenvalue weighted by Crippen LogP contribution is 2.18. The number of rotatable bonds is 6. The molecule has 0 saturated heterocycles. The molecule has 134 valence electrons. The molecule has 8 heteroatoms. The Kier molecular flexibility index (Phi) is 5.65. The lowest BCUT2D eigenvalue weighted by atomic mass is 10.3. The van der Waals surface area contributed by atoms with E-state index in [4.69, 9.17) is 4.74 Å². The average molecular weight is 388 g/mol. The second kappa shape index (κ2) is 8.11. The summed E-state index contributed by atoms with van der Waals surface area (Å²) in [5, 5.41) is 6.37. The maximum Gasteiger partial charge on any atom is 0.312 e. The third-order valence-electron chi connectivity index (χ3n) is 3.60. The smallest absolute Gasteiger partial charge is 0.312 e. The number of carbonyl (C=O) groups excluding carboxylic acids is 2. The molecule has 1 amide bonds. The standard InChI is InChI=1S/C18H16N2O4S2/c1-12-11-26-18(23)20(12)9-8-16(21)24-14-6-4-13(5-7-14)19-17(22)15-3-2-10-25-15/h2-7,10-11H,8-9H2,1H3,(H,19,22). The molecule has 2 heterocycles. The van der Waals surface area contributed by atoms with Crippen molar-refractivity contribution in [3.05, 3.63) is 67.4 Å². The van der Waals surface area contributed by atoms with Crippen molar-refractivity contribution in [3.8, 4) is 5.75 Å². The molecule has 0 unspecified atom stereocenters. The van der Waals surface area contributed by atoms with Crippen molar-refractivity contribution in [3.63, 3.8) is 0 Å². The number of benzene rings is 1. The normalized spacial score (nSPS) is 10.5. The molecule has 0 atom stereocenters. The average Bonchev–Trinajstić information content (AvgIpc) is 3.26. The lowest BCUT2D eigenvalue weighted by Gasteiger charge is -2.07. The van der Waals surface area contributed by atoms with Crippen molar-refractivity contribution >= 4 is 40.2 Å². The predicted octanol–water partition coefficient (Wildman–Crippen LogP) is 3.53. The molecular weight excluding hydrogens is 372 g/mol. The number of nitrogens with one attached hydrogen (secondary N) is 1. The summed E-state index contributed by atoms with van der Waals surface area (Å²) in [6, 6.07) is 10.1. The number of hydrogen-bond acceptors (Lipinski definition) is 6. The molecule has 0 saturated carbocycles. The molecule has 0 fully saturated rings. The molecular formula is C18H16N2O4S2. The monoisotopic (exact) mass is 388 g/mol. The number of ether oxygens (including phenoxy) is 1. The van der Waals surface area contributed by atoms with E-state index in [2.05, 4.69) is 5.32 Å². The molecule has 0 radical (unpaired) electrons. The molecule has 0 bridgehead atoms. The number of anilines is 1. The molecule has 0 aliphatic heterocycles. The number of hydrogen-bond donors (Lipinski definition) is 1. The van der Waals surface area contributed by atoms with E-state index in [1.54, 1.807) is 40.3 Å². The van der Waals surface area contributed by atoms with Gasteiger partial charge in [0, 0.05) is 23.3 Å². The van der Waals surface area contributed by atoms with E-state index in [0.717, 1.165) is 17.0 Å². The topological polar surface area (TPSA) is 77.4 Å². The van der Waals surface area contributed by atoms with E-state index in [0.29, 0.717) is 22.9 Å². The molecule has 2 aromatic heterocycles.